The van der Waals surface area contributed by atoms with Gasteiger partial charge in [0.2, 0.25) is 0 Å². The van der Waals surface area contributed by atoms with Crippen LogP contribution in [0.5, 0.6) is 0 Å². The molecule has 2 atom stereocenters. The summed E-state index contributed by atoms with van der Waals surface area (Å²) < 4.78 is 11.7. The van der Waals surface area contributed by atoms with E-state index in [1.54, 1.807) is 0 Å². The van der Waals surface area contributed by atoms with E-state index in [9.17, 15) is 9.59 Å². The topological polar surface area (TPSA) is 55.8 Å². The Balaban J connectivity index is 1.88. The van der Waals surface area contributed by atoms with Crippen LogP contribution < -0.4 is 0 Å². The molecule has 1 amide bonds. The molecule has 1 aliphatic carbocycles. The number of amides is 1. The number of carbonyl (C=O) groups excluding carboxylic acids is 2. The van der Waals surface area contributed by atoms with Crippen LogP contribution in [-0.4, -0.2) is 47.7 Å². The Hall–Kier alpha value is -1.10. The molecule has 2 aliphatic rings. The second-order valence-electron chi connectivity index (χ2n) is 8.19. The molecule has 1 saturated heterocycles. The molecule has 0 aromatic rings. The van der Waals surface area contributed by atoms with E-state index in [4.69, 9.17) is 9.47 Å². The minimum atomic E-state index is -0.476. The van der Waals surface area contributed by atoms with Gasteiger partial charge in [0.05, 0.1) is 18.8 Å². The molecular formula is C19H33NO4. The van der Waals surface area contributed by atoms with E-state index < -0.39 is 5.60 Å². The predicted octanol–water partition coefficient (Wildman–Crippen LogP) is 3.94. The van der Waals surface area contributed by atoms with E-state index in [-0.39, 0.29) is 30.2 Å². The Morgan fingerprint density at radius 3 is 2.25 bits per heavy atom. The van der Waals surface area contributed by atoms with Gasteiger partial charge in [0.15, 0.2) is 0 Å². The van der Waals surface area contributed by atoms with Gasteiger partial charge in [-0.2, -0.15) is 0 Å². The van der Waals surface area contributed by atoms with Crippen molar-refractivity contribution in [3.63, 3.8) is 0 Å². The van der Waals surface area contributed by atoms with Crippen molar-refractivity contribution in [3.05, 3.63) is 0 Å². The second-order valence-corrected chi connectivity index (χ2v) is 8.19. The summed E-state index contributed by atoms with van der Waals surface area (Å²) in [6.07, 6.45) is 7.75. The lowest BCUT2D eigenvalue weighted by Crippen LogP contribution is -2.46. The zero-order valence-corrected chi connectivity index (χ0v) is 15.6. The number of carbonyl (C=O) groups is 2. The highest BCUT2D eigenvalue weighted by atomic mass is 16.6. The van der Waals surface area contributed by atoms with Gasteiger partial charge in [0.25, 0.3) is 0 Å². The van der Waals surface area contributed by atoms with Crippen LogP contribution in [0, 0.1) is 5.92 Å². The molecular weight excluding hydrogens is 306 g/mol. The highest BCUT2D eigenvalue weighted by Crippen LogP contribution is 2.30. The van der Waals surface area contributed by atoms with Crippen molar-refractivity contribution in [1.29, 1.82) is 0 Å². The lowest BCUT2D eigenvalue weighted by atomic mass is 9.88. The molecule has 0 radical (unpaired) electrons. The molecule has 1 saturated carbocycles. The van der Waals surface area contributed by atoms with Crippen LogP contribution in [0.15, 0.2) is 0 Å². The van der Waals surface area contributed by atoms with Crippen molar-refractivity contribution >= 4 is 12.4 Å². The largest absolute Gasteiger partial charge is 0.444 e. The molecule has 2 fully saturated rings. The molecule has 0 N–H and O–H groups in total. The predicted molar refractivity (Wildman–Crippen MR) is 92.9 cm³/mol. The van der Waals surface area contributed by atoms with Gasteiger partial charge in [-0.25, -0.2) is 4.79 Å². The maximum absolute atomic E-state index is 12.6. The fourth-order valence-corrected chi connectivity index (χ4v) is 3.78. The van der Waals surface area contributed by atoms with Gasteiger partial charge in [0, 0.05) is 12.0 Å². The van der Waals surface area contributed by atoms with Gasteiger partial charge in [-0.05, 0) is 65.7 Å². The van der Waals surface area contributed by atoms with Crippen molar-refractivity contribution in [3.8, 4) is 0 Å². The Kier molecular flexibility index (Phi) is 6.67. The minimum Gasteiger partial charge on any atom is -0.444 e. The normalized spacial score (nSPS) is 31.1. The number of ether oxygens (including phenoxy) is 2. The van der Waals surface area contributed by atoms with Crippen LogP contribution in [0.2, 0.25) is 0 Å². The first kappa shape index (κ1) is 19.2. The smallest absolute Gasteiger partial charge is 0.410 e. The van der Waals surface area contributed by atoms with Crippen LogP contribution >= 0.6 is 0 Å². The molecule has 5 heteroatoms. The maximum Gasteiger partial charge on any atom is 0.410 e. The lowest BCUT2D eigenvalue weighted by Gasteiger charge is -2.33. The SMILES string of the molecule is CC[C@@H]1CC[C@@H](CO[C@H]2CC[C@H](C=O)CC2)N1C(=O)OC(C)(C)C. The average Bonchev–Trinajstić information content (AvgIpc) is 2.95. The van der Waals surface area contributed by atoms with E-state index in [1.165, 1.54) is 0 Å². The van der Waals surface area contributed by atoms with E-state index in [0.717, 1.165) is 51.2 Å². The van der Waals surface area contributed by atoms with Crippen molar-refractivity contribution < 1.29 is 19.1 Å². The summed E-state index contributed by atoms with van der Waals surface area (Å²) in [6, 6.07) is 0.354. The van der Waals surface area contributed by atoms with Crippen LogP contribution in [0.25, 0.3) is 0 Å². The third-order valence-corrected chi connectivity index (χ3v) is 5.13. The summed E-state index contributed by atoms with van der Waals surface area (Å²) in [5.41, 5.74) is -0.476. The standard InChI is InChI=1S/C19H33NO4/c1-5-15-8-9-16(20(15)18(22)24-19(2,3)4)13-23-17-10-6-14(12-21)7-11-17/h12,14-17H,5-11,13H2,1-4H3/t14-,15-,16+,17-/m1/s1. The third kappa shape index (κ3) is 5.20. The molecule has 138 valence electrons. The number of hydrogen-bond acceptors (Lipinski definition) is 4. The van der Waals surface area contributed by atoms with Gasteiger partial charge in [0.1, 0.15) is 11.9 Å². The second kappa shape index (κ2) is 8.32. The first-order valence-corrected chi connectivity index (χ1v) is 9.42. The van der Waals surface area contributed by atoms with E-state index in [2.05, 4.69) is 6.92 Å². The van der Waals surface area contributed by atoms with E-state index in [1.807, 2.05) is 25.7 Å². The van der Waals surface area contributed by atoms with Gasteiger partial charge in [-0.1, -0.05) is 6.92 Å². The Morgan fingerprint density at radius 2 is 1.71 bits per heavy atom. The van der Waals surface area contributed by atoms with E-state index >= 15 is 0 Å². The highest BCUT2D eigenvalue weighted by molar-refractivity contribution is 5.69. The summed E-state index contributed by atoms with van der Waals surface area (Å²) in [7, 11) is 0. The van der Waals surface area contributed by atoms with Crippen molar-refractivity contribution in [1.82, 2.24) is 4.90 Å². The van der Waals surface area contributed by atoms with Crippen LogP contribution in [-0.2, 0) is 14.3 Å². The van der Waals surface area contributed by atoms with Crippen LogP contribution in [0.4, 0.5) is 4.79 Å². The summed E-state index contributed by atoms with van der Waals surface area (Å²) in [4.78, 5) is 25.3. The number of hydrogen-bond donors (Lipinski definition) is 0. The van der Waals surface area contributed by atoms with Gasteiger partial charge < -0.3 is 14.3 Å². The minimum absolute atomic E-state index is 0.105. The number of likely N-dealkylation sites (tertiary alicyclic amines) is 1. The first-order chi connectivity index (χ1) is 11.3. The Labute approximate surface area is 146 Å². The maximum atomic E-state index is 12.6. The Morgan fingerprint density at radius 1 is 1.08 bits per heavy atom. The molecule has 0 aromatic carbocycles. The number of aldehydes is 1. The number of nitrogens with zero attached hydrogens (tertiary/aromatic N) is 1. The first-order valence-electron chi connectivity index (χ1n) is 9.42. The van der Waals surface area contributed by atoms with Crippen molar-refractivity contribution in [2.45, 2.75) is 96.4 Å². The lowest BCUT2D eigenvalue weighted by molar-refractivity contribution is -0.113. The highest BCUT2D eigenvalue weighted by Gasteiger charge is 2.38. The zero-order chi connectivity index (χ0) is 17.7. The average molecular weight is 339 g/mol. The van der Waals surface area contributed by atoms with Gasteiger partial charge in [-0.3, -0.25) is 4.90 Å². The molecule has 0 aromatic heterocycles. The monoisotopic (exact) mass is 339 g/mol. The summed E-state index contributed by atoms with van der Waals surface area (Å²) >= 11 is 0. The zero-order valence-electron chi connectivity index (χ0n) is 15.6. The molecule has 24 heavy (non-hydrogen) atoms. The molecule has 1 aliphatic heterocycles. The molecule has 1 heterocycles. The quantitative estimate of drug-likeness (QED) is 0.712. The van der Waals surface area contributed by atoms with Crippen molar-refractivity contribution in [2.24, 2.45) is 5.92 Å². The Bertz CT molecular complexity index is 424. The fraction of sp³-hybridized carbons (Fsp3) is 0.895. The summed E-state index contributed by atoms with van der Waals surface area (Å²) in [6.45, 7) is 8.40. The van der Waals surface area contributed by atoms with E-state index in [0.29, 0.717) is 6.61 Å². The summed E-state index contributed by atoms with van der Waals surface area (Å²) in [5.74, 6) is 0.207. The molecule has 0 bridgehead atoms. The summed E-state index contributed by atoms with van der Waals surface area (Å²) in [5, 5.41) is 0. The molecule has 0 spiro atoms. The molecule has 2 rings (SSSR count). The van der Waals surface area contributed by atoms with Crippen LogP contribution in [0.3, 0.4) is 0 Å². The molecule has 5 nitrogen and oxygen atoms in total. The van der Waals surface area contributed by atoms with Gasteiger partial charge in [-0.15, -0.1) is 0 Å². The van der Waals surface area contributed by atoms with Crippen molar-refractivity contribution in [2.75, 3.05) is 6.61 Å². The molecule has 0 unspecified atom stereocenters. The van der Waals surface area contributed by atoms with Crippen LogP contribution in [0.1, 0.15) is 72.6 Å². The van der Waals surface area contributed by atoms with Gasteiger partial charge >= 0.3 is 6.09 Å². The third-order valence-electron chi connectivity index (χ3n) is 5.13. The number of rotatable bonds is 5. The fourth-order valence-electron chi connectivity index (χ4n) is 3.78.